The monoisotopic (exact) mass is 1030 g/mol. The third-order valence-electron chi connectivity index (χ3n) is 15.2. The minimum Gasteiger partial charge on any atom is -0.355 e. The number of rotatable bonds is 8. The first-order chi connectivity index (χ1) is 38.0. The summed E-state index contributed by atoms with van der Waals surface area (Å²) in [4.78, 5) is 29.5. The molecule has 2 N–H and O–H groups in total. The van der Waals surface area contributed by atoms with Crippen LogP contribution in [0.25, 0.3) is 16.6 Å². The van der Waals surface area contributed by atoms with Crippen LogP contribution >= 0.6 is 0 Å². The summed E-state index contributed by atoms with van der Waals surface area (Å²) in [6, 6.07) is 63.2. The highest BCUT2D eigenvalue weighted by Gasteiger charge is 2.71. The number of likely N-dealkylation sites (tertiary alicyclic amines) is 2. The molecule has 2 aliphatic carbocycles. The molecule has 13 rings (SSSR count). The van der Waals surface area contributed by atoms with E-state index in [1.807, 2.05) is 82.2 Å². The molecule has 3 heterocycles. The summed E-state index contributed by atoms with van der Waals surface area (Å²) in [7, 11) is 0. The zero-order valence-corrected chi connectivity index (χ0v) is 43.2. The smallest absolute Gasteiger partial charge is 0.253 e. The number of nitrogens with zero attached hydrogens (tertiary/aromatic N) is 6. The summed E-state index contributed by atoms with van der Waals surface area (Å²) in [6.07, 6.45) is 4.45. The molecule has 5 atom stereocenters. The zero-order valence-electron chi connectivity index (χ0n) is 43.2. The first-order valence-corrected chi connectivity index (χ1v) is 26.0. The van der Waals surface area contributed by atoms with Gasteiger partial charge in [0.1, 0.15) is 11.6 Å². The van der Waals surface area contributed by atoms with E-state index in [9.17, 15) is 23.6 Å². The Morgan fingerprint density at radius 2 is 1.24 bits per heavy atom. The summed E-state index contributed by atoms with van der Waals surface area (Å²) < 4.78 is 28.1. The minimum absolute atomic E-state index is 0.0648. The molecule has 4 fully saturated rings. The lowest BCUT2D eigenvalue weighted by atomic mass is 9.85. The van der Waals surface area contributed by atoms with Crippen LogP contribution in [0, 0.1) is 71.3 Å². The number of fused-ring (bicyclic) bond motifs is 3. The minimum atomic E-state index is -0.301. The lowest BCUT2D eigenvalue weighted by Gasteiger charge is -2.26. The van der Waals surface area contributed by atoms with Gasteiger partial charge in [-0.2, -0.15) is 15.6 Å². The number of benzene rings is 8. The Labute approximate surface area is 453 Å². The molecule has 12 heteroatoms. The molecule has 2 saturated carbocycles. The Morgan fingerprint density at radius 3 is 1.83 bits per heavy atom. The van der Waals surface area contributed by atoms with Crippen molar-refractivity contribution in [2.24, 2.45) is 17.8 Å². The van der Waals surface area contributed by atoms with Gasteiger partial charge in [-0.3, -0.25) is 9.59 Å². The van der Waals surface area contributed by atoms with E-state index in [1.54, 1.807) is 72.8 Å². The van der Waals surface area contributed by atoms with Crippen LogP contribution < -0.4 is 5.32 Å². The van der Waals surface area contributed by atoms with Crippen molar-refractivity contribution in [3.8, 4) is 17.8 Å². The topological polar surface area (TPSA) is 142 Å². The molecule has 8 aromatic carbocycles. The third kappa shape index (κ3) is 11.2. The van der Waals surface area contributed by atoms with Gasteiger partial charge in [0.2, 0.25) is 0 Å². The normalized spacial score (nSPS) is 18.9. The molecule has 10 nitrogen and oxygen atoms in total. The van der Waals surface area contributed by atoms with Crippen molar-refractivity contribution in [3.05, 3.63) is 262 Å². The first kappa shape index (κ1) is 51.9. The van der Waals surface area contributed by atoms with Crippen LogP contribution in [0.2, 0.25) is 0 Å². The highest BCUT2D eigenvalue weighted by Crippen LogP contribution is 2.70. The SMILES string of the molecule is Cc1cc(Nc2ccc(F)cc2)c(C=N)cc1C12CN(C(=O)c3cccc(C#N)c3)CC1C2c1ccccc1.Cc1ccc2cnn(-c3ccc(F)cc3)c2c1.N#Cc1cccc(C(=O)N2CC3CC3C2)c1.c1ccccc1. The second kappa shape index (κ2) is 22.8. The summed E-state index contributed by atoms with van der Waals surface area (Å²) in [5.41, 5.74) is 10.7. The van der Waals surface area contributed by atoms with Crippen LogP contribution in [0.5, 0.6) is 0 Å². The van der Waals surface area contributed by atoms with E-state index in [2.05, 4.69) is 71.9 Å². The Hall–Kier alpha value is -9.52. The number of carbonyl (C=O) groups is 2. The van der Waals surface area contributed by atoms with Crippen LogP contribution in [-0.4, -0.2) is 63.8 Å². The fraction of sp³-hybridized carbons (Fsp3) is 0.182. The number of hydrogen-bond acceptors (Lipinski definition) is 7. The lowest BCUT2D eigenvalue weighted by molar-refractivity contribution is 0.0764. The number of amides is 2. The van der Waals surface area contributed by atoms with E-state index in [0.29, 0.717) is 35.3 Å². The van der Waals surface area contributed by atoms with Gasteiger partial charge >= 0.3 is 0 Å². The standard InChI is InChI=1S/C33H27FN4O.C14H11FN2.C13H12N2O.C6H6/c1-21-14-30(37-27-12-10-26(34)11-13-27)25(18-36)16-28(21)33-20-38(32(39)24-9-5-6-22(15-24)17-35)19-29(33)31(33)23-7-3-2-4-8-23;1-10-2-3-11-9-16-17(14(11)8-10)13-6-4-12(15)5-7-13;14-6-9-2-1-3-10(4-9)13(16)15-7-11-5-12(11)8-15;1-2-4-6-5-3-1/h2-16,18,29,31,36-37H,19-20H2,1H3;2-9H,1H3;1-4,11-12H,5,7-8H2;1-6H. The number of anilines is 2. The van der Waals surface area contributed by atoms with Gasteiger partial charge < -0.3 is 20.5 Å². The number of nitrogens with one attached hydrogen (secondary N) is 2. The molecular formula is C66H56F2N8O2. The molecule has 2 saturated heterocycles. The Kier molecular flexibility index (Phi) is 15.2. The maximum absolute atomic E-state index is 13.5. The van der Waals surface area contributed by atoms with E-state index >= 15 is 0 Å². The van der Waals surface area contributed by atoms with Crippen LogP contribution in [0.3, 0.4) is 0 Å². The van der Waals surface area contributed by atoms with Gasteiger partial charge in [-0.15, -0.1) is 0 Å². The number of aryl methyl sites for hydroxylation is 2. The highest BCUT2D eigenvalue weighted by atomic mass is 19.1. The maximum atomic E-state index is 13.5. The van der Waals surface area contributed by atoms with Crippen molar-refractivity contribution in [3.63, 3.8) is 0 Å². The van der Waals surface area contributed by atoms with Gasteiger partial charge in [0.05, 0.1) is 40.7 Å². The van der Waals surface area contributed by atoms with E-state index in [1.165, 1.54) is 48.0 Å². The summed E-state index contributed by atoms with van der Waals surface area (Å²) in [5.74, 6) is 1.49. The number of carbonyl (C=O) groups excluding carboxylic acids is 2. The van der Waals surface area contributed by atoms with E-state index in [4.69, 9.17) is 10.7 Å². The lowest BCUT2D eigenvalue weighted by Crippen LogP contribution is -2.34. The van der Waals surface area contributed by atoms with Gasteiger partial charge in [-0.25, -0.2) is 13.5 Å². The van der Waals surface area contributed by atoms with Gasteiger partial charge in [-0.05, 0) is 163 Å². The van der Waals surface area contributed by atoms with Crippen molar-refractivity contribution in [1.82, 2.24) is 19.6 Å². The van der Waals surface area contributed by atoms with Crippen LogP contribution in [0.4, 0.5) is 20.2 Å². The second-order valence-electron chi connectivity index (χ2n) is 20.4. The van der Waals surface area contributed by atoms with Crippen molar-refractivity contribution < 1.29 is 18.4 Å². The quantitative estimate of drug-likeness (QED) is 0.145. The Bertz CT molecular complexity index is 3680. The third-order valence-corrected chi connectivity index (χ3v) is 15.2. The second-order valence-corrected chi connectivity index (χ2v) is 20.4. The average molecular weight is 1030 g/mol. The number of piperidine rings is 2. The summed E-state index contributed by atoms with van der Waals surface area (Å²) in [5, 5.41) is 35.0. The molecule has 9 aromatic rings. The van der Waals surface area contributed by atoms with Crippen molar-refractivity contribution in [2.45, 2.75) is 31.6 Å². The van der Waals surface area contributed by atoms with Gasteiger partial charge in [0.25, 0.3) is 11.8 Å². The molecule has 4 aliphatic rings. The van der Waals surface area contributed by atoms with E-state index < -0.39 is 0 Å². The molecule has 0 bridgehead atoms. The van der Waals surface area contributed by atoms with Crippen LogP contribution in [0.15, 0.2) is 200 Å². The van der Waals surface area contributed by atoms with Gasteiger partial charge in [0.15, 0.2) is 0 Å². The van der Waals surface area contributed by atoms with Gasteiger partial charge in [-0.1, -0.05) is 91.0 Å². The maximum Gasteiger partial charge on any atom is 0.253 e. The fourth-order valence-corrected chi connectivity index (χ4v) is 11.2. The first-order valence-electron chi connectivity index (χ1n) is 26.0. The highest BCUT2D eigenvalue weighted by molar-refractivity contribution is 5.96. The zero-order chi connectivity index (χ0) is 54.3. The molecule has 5 unspecified atom stereocenters. The Balaban J connectivity index is 0.000000143. The molecule has 386 valence electrons. The average Bonchev–Trinajstić information content (AvgIpc) is 3.74. The molecule has 1 aromatic heterocycles. The van der Waals surface area contributed by atoms with Crippen molar-refractivity contribution in [1.29, 1.82) is 15.9 Å². The predicted octanol–water partition coefficient (Wildman–Crippen LogP) is 13.4. The molecular weight excluding hydrogens is 975 g/mol. The van der Waals surface area contributed by atoms with Crippen LogP contribution in [0.1, 0.15) is 72.0 Å². The van der Waals surface area contributed by atoms with E-state index in [0.717, 1.165) is 69.6 Å². The summed E-state index contributed by atoms with van der Waals surface area (Å²) >= 11 is 0. The fourth-order valence-electron chi connectivity index (χ4n) is 11.2. The molecule has 0 spiro atoms. The molecule has 2 amide bonds. The molecule has 78 heavy (non-hydrogen) atoms. The van der Waals surface area contributed by atoms with Gasteiger partial charge in [0, 0.05) is 77.2 Å². The van der Waals surface area contributed by atoms with Crippen molar-refractivity contribution in [2.75, 3.05) is 31.5 Å². The largest absolute Gasteiger partial charge is 0.355 e. The predicted molar refractivity (Wildman–Crippen MR) is 301 cm³/mol. The van der Waals surface area contributed by atoms with Crippen molar-refractivity contribution >= 4 is 40.3 Å². The molecule has 0 radical (unpaired) electrons. The number of halogens is 2. The summed E-state index contributed by atoms with van der Waals surface area (Å²) in [6.45, 7) is 7.12. The number of hydrogen-bond donors (Lipinski definition) is 2. The van der Waals surface area contributed by atoms with Crippen LogP contribution in [-0.2, 0) is 5.41 Å². The Morgan fingerprint density at radius 1 is 0.667 bits per heavy atom. The number of aromatic nitrogens is 2. The molecule has 2 aliphatic heterocycles. The number of nitriles is 2. The van der Waals surface area contributed by atoms with E-state index in [-0.39, 0.29) is 40.7 Å².